The zero-order chi connectivity index (χ0) is 12.4. The molecular weight excluding hydrogens is 282 g/mol. The van der Waals surface area contributed by atoms with Crippen molar-refractivity contribution >= 4 is 21.9 Å². The van der Waals surface area contributed by atoms with Gasteiger partial charge in [0.25, 0.3) is 0 Å². The van der Waals surface area contributed by atoms with Crippen LogP contribution in [0.3, 0.4) is 0 Å². The number of hydrogen-bond donors (Lipinski definition) is 0. The number of methoxy groups -OCH3 is 1. The number of halogens is 1. The summed E-state index contributed by atoms with van der Waals surface area (Å²) >= 11 is 3.45. The third-order valence-electron chi connectivity index (χ3n) is 2.56. The second-order valence-electron chi connectivity index (χ2n) is 3.69. The SMILES string of the molecule is COC(=O)c1cccn1-c1ccc(Br)c(C)c1. The quantitative estimate of drug-likeness (QED) is 0.795. The molecule has 0 bridgehead atoms. The summed E-state index contributed by atoms with van der Waals surface area (Å²) < 4.78 is 7.60. The second-order valence-corrected chi connectivity index (χ2v) is 4.54. The molecule has 0 aliphatic rings. The number of carbonyl (C=O) groups excluding carboxylic acids is 1. The number of benzene rings is 1. The number of nitrogens with zero attached hydrogens (tertiary/aromatic N) is 1. The average molecular weight is 294 g/mol. The molecule has 17 heavy (non-hydrogen) atoms. The molecule has 1 aromatic carbocycles. The van der Waals surface area contributed by atoms with Crippen molar-refractivity contribution in [1.82, 2.24) is 4.57 Å². The van der Waals surface area contributed by atoms with Crippen LogP contribution in [0.5, 0.6) is 0 Å². The van der Waals surface area contributed by atoms with Crippen molar-refractivity contribution < 1.29 is 9.53 Å². The van der Waals surface area contributed by atoms with E-state index in [1.807, 2.05) is 42.0 Å². The number of hydrogen-bond acceptors (Lipinski definition) is 2. The molecule has 0 amide bonds. The molecule has 0 radical (unpaired) electrons. The second kappa shape index (κ2) is 4.75. The molecule has 0 N–H and O–H groups in total. The van der Waals surface area contributed by atoms with Crippen molar-refractivity contribution in [2.45, 2.75) is 6.92 Å². The molecule has 0 spiro atoms. The molecule has 4 heteroatoms. The maximum atomic E-state index is 11.6. The Bertz CT molecular complexity index is 560. The van der Waals surface area contributed by atoms with Crippen molar-refractivity contribution in [3.8, 4) is 5.69 Å². The molecule has 1 heterocycles. The molecule has 2 rings (SSSR count). The Morgan fingerprint density at radius 2 is 2.12 bits per heavy atom. The highest BCUT2D eigenvalue weighted by atomic mass is 79.9. The van der Waals surface area contributed by atoms with Gasteiger partial charge in [-0.25, -0.2) is 4.79 Å². The Morgan fingerprint density at radius 1 is 1.35 bits per heavy atom. The maximum Gasteiger partial charge on any atom is 0.355 e. The molecule has 1 aromatic heterocycles. The van der Waals surface area contributed by atoms with Crippen molar-refractivity contribution in [3.63, 3.8) is 0 Å². The summed E-state index contributed by atoms with van der Waals surface area (Å²) in [5, 5.41) is 0. The zero-order valence-corrected chi connectivity index (χ0v) is 11.2. The summed E-state index contributed by atoms with van der Waals surface area (Å²) in [4.78, 5) is 11.6. The van der Waals surface area contributed by atoms with E-state index in [4.69, 9.17) is 4.74 Å². The fourth-order valence-electron chi connectivity index (χ4n) is 1.66. The summed E-state index contributed by atoms with van der Waals surface area (Å²) in [5.74, 6) is -0.337. The molecule has 88 valence electrons. The van der Waals surface area contributed by atoms with Crippen LogP contribution < -0.4 is 0 Å². The zero-order valence-electron chi connectivity index (χ0n) is 9.61. The lowest BCUT2D eigenvalue weighted by atomic mass is 10.2. The van der Waals surface area contributed by atoms with E-state index in [1.165, 1.54) is 7.11 Å². The topological polar surface area (TPSA) is 31.2 Å². The van der Waals surface area contributed by atoms with Gasteiger partial charge in [0.05, 0.1) is 7.11 Å². The van der Waals surface area contributed by atoms with Gasteiger partial charge in [0.1, 0.15) is 5.69 Å². The normalized spacial score (nSPS) is 10.3. The highest BCUT2D eigenvalue weighted by Gasteiger charge is 2.12. The van der Waals surface area contributed by atoms with Crippen LogP contribution in [0.2, 0.25) is 0 Å². The minimum absolute atomic E-state index is 0.337. The lowest BCUT2D eigenvalue weighted by Crippen LogP contribution is -2.08. The highest BCUT2D eigenvalue weighted by molar-refractivity contribution is 9.10. The first-order valence-electron chi connectivity index (χ1n) is 5.15. The Balaban J connectivity index is 2.50. The molecule has 0 aliphatic heterocycles. The summed E-state index contributed by atoms with van der Waals surface area (Å²) in [6.45, 7) is 2.01. The number of aryl methyl sites for hydroxylation is 1. The van der Waals surface area contributed by atoms with Crippen molar-refractivity contribution in [2.75, 3.05) is 7.11 Å². The van der Waals surface area contributed by atoms with Gasteiger partial charge in [-0.2, -0.15) is 0 Å². The first kappa shape index (κ1) is 11.9. The smallest absolute Gasteiger partial charge is 0.355 e. The van der Waals surface area contributed by atoms with Gasteiger partial charge < -0.3 is 9.30 Å². The molecular formula is C13H12BrNO2. The summed E-state index contributed by atoms with van der Waals surface area (Å²) in [5.41, 5.74) is 2.58. The number of ether oxygens (including phenoxy) is 1. The Kier molecular flexibility index (Phi) is 3.33. The van der Waals surface area contributed by atoms with E-state index in [0.717, 1.165) is 15.7 Å². The molecule has 0 aliphatic carbocycles. The number of esters is 1. The fourth-order valence-corrected chi connectivity index (χ4v) is 1.90. The predicted octanol–water partition coefficient (Wildman–Crippen LogP) is 3.33. The Labute approximate surface area is 108 Å². The van der Waals surface area contributed by atoms with E-state index in [9.17, 15) is 4.79 Å². The molecule has 2 aromatic rings. The lowest BCUT2D eigenvalue weighted by molar-refractivity contribution is 0.0591. The summed E-state index contributed by atoms with van der Waals surface area (Å²) in [6.07, 6.45) is 1.84. The van der Waals surface area contributed by atoms with E-state index in [0.29, 0.717) is 5.69 Å². The van der Waals surface area contributed by atoms with E-state index in [-0.39, 0.29) is 5.97 Å². The lowest BCUT2D eigenvalue weighted by Gasteiger charge is -2.09. The minimum Gasteiger partial charge on any atom is -0.464 e. The molecule has 0 unspecified atom stereocenters. The van der Waals surface area contributed by atoms with Crippen LogP contribution in [-0.4, -0.2) is 17.6 Å². The van der Waals surface area contributed by atoms with Crippen LogP contribution in [0, 0.1) is 6.92 Å². The molecule has 0 saturated heterocycles. The molecule has 0 atom stereocenters. The van der Waals surface area contributed by atoms with Crippen LogP contribution in [0.1, 0.15) is 16.1 Å². The van der Waals surface area contributed by atoms with Gasteiger partial charge in [-0.05, 0) is 42.8 Å². The summed E-state index contributed by atoms with van der Waals surface area (Å²) in [6, 6.07) is 9.48. The molecule has 0 saturated carbocycles. The molecule has 3 nitrogen and oxygen atoms in total. The van der Waals surface area contributed by atoms with Crippen LogP contribution >= 0.6 is 15.9 Å². The van der Waals surface area contributed by atoms with Gasteiger partial charge >= 0.3 is 5.97 Å². The van der Waals surface area contributed by atoms with Gasteiger partial charge in [-0.1, -0.05) is 15.9 Å². The largest absolute Gasteiger partial charge is 0.464 e. The van der Waals surface area contributed by atoms with Gasteiger partial charge in [0, 0.05) is 16.4 Å². The van der Waals surface area contributed by atoms with Crippen LogP contribution in [0.4, 0.5) is 0 Å². The Hall–Kier alpha value is -1.55. The third kappa shape index (κ3) is 2.26. The van der Waals surface area contributed by atoms with Crippen LogP contribution in [0.25, 0.3) is 5.69 Å². The highest BCUT2D eigenvalue weighted by Crippen LogP contribution is 2.21. The van der Waals surface area contributed by atoms with Gasteiger partial charge in [-0.15, -0.1) is 0 Å². The number of aromatic nitrogens is 1. The van der Waals surface area contributed by atoms with Crippen molar-refractivity contribution in [2.24, 2.45) is 0 Å². The van der Waals surface area contributed by atoms with E-state index in [2.05, 4.69) is 15.9 Å². The summed E-state index contributed by atoms with van der Waals surface area (Å²) in [7, 11) is 1.38. The average Bonchev–Trinajstić information content (AvgIpc) is 2.80. The fraction of sp³-hybridized carbons (Fsp3) is 0.154. The van der Waals surface area contributed by atoms with Gasteiger partial charge in [0.2, 0.25) is 0 Å². The molecule has 0 fully saturated rings. The van der Waals surface area contributed by atoms with Gasteiger partial charge in [0.15, 0.2) is 0 Å². The van der Waals surface area contributed by atoms with Crippen LogP contribution in [-0.2, 0) is 4.74 Å². The van der Waals surface area contributed by atoms with E-state index < -0.39 is 0 Å². The van der Waals surface area contributed by atoms with Crippen molar-refractivity contribution in [1.29, 1.82) is 0 Å². The van der Waals surface area contributed by atoms with E-state index in [1.54, 1.807) is 6.07 Å². The first-order valence-corrected chi connectivity index (χ1v) is 5.95. The van der Waals surface area contributed by atoms with Crippen molar-refractivity contribution in [3.05, 3.63) is 52.3 Å². The third-order valence-corrected chi connectivity index (χ3v) is 3.45. The van der Waals surface area contributed by atoms with E-state index >= 15 is 0 Å². The first-order chi connectivity index (χ1) is 8.13. The van der Waals surface area contributed by atoms with Crippen LogP contribution in [0.15, 0.2) is 41.0 Å². The maximum absolute atomic E-state index is 11.6. The minimum atomic E-state index is -0.337. The Morgan fingerprint density at radius 3 is 2.76 bits per heavy atom. The monoisotopic (exact) mass is 293 g/mol. The number of rotatable bonds is 2. The van der Waals surface area contributed by atoms with Gasteiger partial charge in [-0.3, -0.25) is 0 Å². The number of carbonyl (C=O) groups is 1. The predicted molar refractivity (Wildman–Crippen MR) is 69.5 cm³/mol. The standard InChI is InChI=1S/C13H12BrNO2/c1-9-8-10(5-6-11(9)14)15-7-3-4-12(15)13(16)17-2/h3-8H,1-2H3.